The van der Waals surface area contributed by atoms with Crippen LogP contribution in [0.2, 0.25) is 0 Å². The van der Waals surface area contributed by atoms with E-state index in [-0.39, 0.29) is 0 Å². The lowest BCUT2D eigenvalue weighted by Gasteiger charge is -2.13. The fraction of sp³-hybridized carbons (Fsp3) is 1.00. The zero-order valence-electron chi connectivity index (χ0n) is 5.52. The van der Waals surface area contributed by atoms with Crippen LogP contribution in [0.3, 0.4) is 0 Å². The van der Waals surface area contributed by atoms with Crippen molar-refractivity contribution in [2.75, 3.05) is 0 Å². The lowest BCUT2D eigenvalue weighted by molar-refractivity contribution is -0.131. The van der Waals surface area contributed by atoms with Crippen LogP contribution in [0.5, 0.6) is 0 Å². The summed E-state index contributed by atoms with van der Waals surface area (Å²) in [6.07, 6.45) is -5.81. The molecule has 0 radical (unpaired) electrons. The van der Waals surface area contributed by atoms with Gasteiger partial charge in [0.05, 0.1) is 0 Å². The Morgan fingerprint density at radius 3 is 1.73 bits per heavy atom. The van der Waals surface area contributed by atoms with Gasteiger partial charge in [0.25, 0.3) is 0 Å². The Hall–Kier alpha value is -0.330. The molecule has 1 unspecified atom stereocenters. The zero-order valence-corrected chi connectivity index (χ0v) is 6.34. The topological polar surface area (TPSA) is 34.1 Å². The van der Waals surface area contributed by atoms with Crippen LogP contribution in [0.25, 0.3) is 0 Å². The fourth-order valence-corrected chi connectivity index (χ4v) is 1.31. The molecule has 1 atom stereocenters. The molecular formula is C4H6F4O2S. The number of alkyl halides is 3. The molecular weight excluding hydrogens is 188 g/mol. The minimum Gasteiger partial charge on any atom is -0.194 e. The van der Waals surface area contributed by atoms with E-state index in [0.717, 1.165) is 6.92 Å². The van der Waals surface area contributed by atoms with Gasteiger partial charge in [0.15, 0.2) is 5.25 Å². The molecule has 0 aliphatic heterocycles. The van der Waals surface area contributed by atoms with Gasteiger partial charge in [0.2, 0.25) is 0 Å². The Bertz CT molecular complexity index is 217. The van der Waals surface area contributed by atoms with Gasteiger partial charge in [0.1, 0.15) is 0 Å². The maximum Gasteiger partial charge on any atom is 0.408 e. The maximum absolute atomic E-state index is 11.8. The predicted molar refractivity (Wildman–Crippen MR) is 30.2 cm³/mol. The SMILES string of the molecule is CCC(C(F)(F)F)S(=O)(=O)F. The molecule has 68 valence electrons. The summed E-state index contributed by atoms with van der Waals surface area (Å²) in [5.41, 5.74) is 0. The van der Waals surface area contributed by atoms with Crippen LogP contribution in [0, 0.1) is 0 Å². The average molecular weight is 194 g/mol. The molecule has 0 aliphatic rings. The van der Waals surface area contributed by atoms with Gasteiger partial charge in [0, 0.05) is 0 Å². The van der Waals surface area contributed by atoms with Crippen LogP contribution >= 0.6 is 0 Å². The van der Waals surface area contributed by atoms with E-state index in [1.165, 1.54) is 0 Å². The highest BCUT2D eigenvalue weighted by atomic mass is 32.3. The first kappa shape index (κ1) is 10.7. The first-order chi connectivity index (χ1) is 4.69. The Morgan fingerprint density at radius 2 is 1.73 bits per heavy atom. The highest BCUT2D eigenvalue weighted by Crippen LogP contribution is 2.28. The minimum absolute atomic E-state index is 0.803. The van der Waals surface area contributed by atoms with Crippen molar-refractivity contribution in [2.45, 2.75) is 24.8 Å². The van der Waals surface area contributed by atoms with Gasteiger partial charge in [-0.2, -0.15) is 21.6 Å². The standard InChI is InChI=1S/C4H6F4O2S/c1-2-3(4(5,6)7)11(8,9)10/h3H,2H2,1H3. The molecule has 0 heterocycles. The Morgan fingerprint density at radius 1 is 1.36 bits per heavy atom. The molecule has 0 bridgehead atoms. The molecule has 0 amide bonds. The van der Waals surface area contributed by atoms with Crippen molar-refractivity contribution in [3.05, 3.63) is 0 Å². The summed E-state index contributed by atoms with van der Waals surface area (Å²) in [7, 11) is -5.50. The van der Waals surface area contributed by atoms with Crippen LogP contribution in [-0.4, -0.2) is 19.8 Å². The van der Waals surface area contributed by atoms with Gasteiger partial charge >= 0.3 is 16.4 Å². The number of hydrogen-bond donors (Lipinski definition) is 0. The molecule has 0 aliphatic carbocycles. The summed E-state index contributed by atoms with van der Waals surface area (Å²) < 4.78 is 66.2. The molecule has 0 saturated heterocycles. The first-order valence-corrected chi connectivity index (χ1v) is 4.14. The van der Waals surface area contributed by atoms with E-state index in [9.17, 15) is 25.5 Å². The lowest BCUT2D eigenvalue weighted by Crippen LogP contribution is -2.33. The molecule has 11 heavy (non-hydrogen) atoms. The second kappa shape index (κ2) is 2.96. The van der Waals surface area contributed by atoms with Gasteiger partial charge in [-0.05, 0) is 6.42 Å². The van der Waals surface area contributed by atoms with Crippen molar-refractivity contribution in [2.24, 2.45) is 0 Å². The fourth-order valence-electron chi connectivity index (χ4n) is 0.590. The molecule has 0 aromatic heterocycles. The van der Waals surface area contributed by atoms with Crippen molar-refractivity contribution < 1.29 is 25.5 Å². The number of hydrogen-bond acceptors (Lipinski definition) is 2. The van der Waals surface area contributed by atoms with Crippen molar-refractivity contribution in [1.29, 1.82) is 0 Å². The van der Waals surface area contributed by atoms with E-state index >= 15 is 0 Å². The number of rotatable bonds is 2. The van der Waals surface area contributed by atoms with Crippen molar-refractivity contribution >= 4 is 10.2 Å². The van der Waals surface area contributed by atoms with Crippen molar-refractivity contribution in [1.82, 2.24) is 0 Å². The van der Waals surface area contributed by atoms with Gasteiger partial charge in [-0.3, -0.25) is 0 Å². The monoisotopic (exact) mass is 194 g/mol. The second-order valence-electron chi connectivity index (χ2n) is 1.91. The zero-order chi connectivity index (χ0) is 9.28. The van der Waals surface area contributed by atoms with Crippen molar-refractivity contribution in [3.63, 3.8) is 0 Å². The highest BCUT2D eigenvalue weighted by molar-refractivity contribution is 7.87. The van der Waals surface area contributed by atoms with E-state index in [1.807, 2.05) is 0 Å². The van der Waals surface area contributed by atoms with E-state index in [4.69, 9.17) is 0 Å². The summed E-state index contributed by atoms with van der Waals surface area (Å²) >= 11 is 0. The molecule has 2 nitrogen and oxygen atoms in total. The van der Waals surface area contributed by atoms with Gasteiger partial charge in [-0.1, -0.05) is 6.92 Å². The third kappa shape index (κ3) is 3.04. The second-order valence-corrected chi connectivity index (χ2v) is 3.43. The first-order valence-electron chi connectivity index (χ1n) is 2.69. The minimum atomic E-state index is -5.50. The molecule has 0 spiro atoms. The van der Waals surface area contributed by atoms with E-state index in [0.29, 0.717) is 0 Å². The Kier molecular flexibility index (Phi) is 2.87. The molecule has 0 fully saturated rings. The smallest absolute Gasteiger partial charge is 0.194 e. The third-order valence-electron chi connectivity index (χ3n) is 1.08. The molecule has 0 N–H and O–H groups in total. The van der Waals surface area contributed by atoms with Gasteiger partial charge < -0.3 is 0 Å². The van der Waals surface area contributed by atoms with Crippen molar-refractivity contribution in [3.8, 4) is 0 Å². The maximum atomic E-state index is 11.8. The van der Waals surface area contributed by atoms with E-state index < -0.39 is 28.1 Å². The summed E-state index contributed by atoms with van der Waals surface area (Å²) in [6, 6.07) is 0. The van der Waals surface area contributed by atoms with Crippen LogP contribution in [-0.2, 0) is 10.2 Å². The summed E-state index contributed by atoms with van der Waals surface area (Å²) in [6.45, 7) is 0.954. The third-order valence-corrected chi connectivity index (χ3v) is 2.36. The summed E-state index contributed by atoms with van der Waals surface area (Å²) in [4.78, 5) is 0. The quantitative estimate of drug-likeness (QED) is 0.494. The Balaban J connectivity index is 4.72. The van der Waals surface area contributed by atoms with Crippen LogP contribution in [0.4, 0.5) is 17.1 Å². The predicted octanol–water partition coefficient (Wildman–Crippen LogP) is 1.63. The molecule has 0 rings (SSSR count). The van der Waals surface area contributed by atoms with Crippen LogP contribution < -0.4 is 0 Å². The normalized spacial score (nSPS) is 16.5. The molecule has 0 aromatic rings. The van der Waals surface area contributed by atoms with Gasteiger partial charge in [-0.25, -0.2) is 0 Å². The summed E-state index contributed by atoms with van der Waals surface area (Å²) in [5.74, 6) is 0. The molecule has 7 heteroatoms. The largest absolute Gasteiger partial charge is 0.408 e. The van der Waals surface area contributed by atoms with E-state index in [1.54, 1.807) is 0 Å². The lowest BCUT2D eigenvalue weighted by atomic mass is 10.3. The molecule has 0 saturated carbocycles. The van der Waals surface area contributed by atoms with Crippen LogP contribution in [0.15, 0.2) is 0 Å². The Labute approximate surface area is 61.4 Å². The van der Waals surface area contributed by atoms with E-state index in [2.05, 4.69) is 0 Å². The molecule has 0 aromatic carbocycles. The number of halogens is 4. The summed E-state index contributed by atoms with van der Waals surface area (Å²) in [5, 5.41) is -2.88. The average Bonchev–Trinajstić information content (AvgIpc) is 1.56. The van der Waals surface area contributed by atoms with Crippen LogP contribution in [0.1, 0.15) is 13.3 Å². The highest BCUT2D eigenvalue weighted by Gasteiger charge is 2.47. The van der Waals surface area contributed by atoms with Gasteiger partial charge in [-0.15, -0.1) is 3.89 Å².